The summed E-state index contributed by atoms with van der Waals surface area (Å²) in [5, 5.41) is 0. The fraction of sp³-hybridized carbons (Fsp3) is 0.500. The molecule has 0 aliphatic rings. The summed E-state index contributed by atoms with van der Waals surface area (Å²) in [6.07, 6.45) is 3.24. The van der Waals surface area contributed by atoms with Crippen LogP contribution in [0.3, 0.4) is 0 Å². The second kappa shape index (κ2) is 9.47. The number of nitrogens with two attached hydrogens (primary N) is 1. The minimum Gasteiger partial charge on any atom is -0.385 e. The highest BCUT2D eigenvalue weighted by Gasteiger charge is 2.19. The Hall–Kier alpha value is -0.615. The third-order valence-electron chi connectivity index (χ3n) is 1.07. The van der Waals surface area contributed by atoms with Crippen LogP contribution in [0.25, 0.3) is 0 Å². The molecule has 0 aromatic rings. The van der Waals surface area contributed by atoms with Crippen molar-refractivity contribution >= 4 is 7.32 Å². The van der Waals surface area contributed by atoms with Gasteiger partial charge in [0.1, 0.15) is 0 Å². The zero-order valence-electron chi connectivity index (χ0n) is 7.78. The van der Waals surface area contributed by atoms with Crippen LogP contribution in [0.4, 0.5) is 0 Å². The van der Waals surface area contributed by atoms with E-state index in [1.165, 1.54) is 0 Å². The van der Waals surface area contributed by atoms with Crippen molar-refractivity contribution in [3.8, 4) is 0 Å². The van der Waals surface area contributed by atoms with Gasteiger partial charge in [-0.25, -0.2) is 0 Å². The van der Waals surface area contributed by atoms with Gasteiger partial charge in [-0.1, -0.05) is 12.2 Å². The van der Waals surface area contributed by atoms with Gasteiger partial charge >= 0.3 is 7.32 Å². The summed E-state index contributed by atoms with van der Waals surface area (Å²) in [6.45, 7) is 8.62. The van der Waals surface area contributed by atoms with Crippen molar-refractivity contribution < 1.29 is 14.0 Å². The van der Waals surface area contributed by atoms with Gasteiger partial charge in [0.15, 0.2) is 0 Å². The van der Waals surface area contributed by atoms with Gasteiger partial charge < -0.3 is 19.7 Å². The molecule has 0 bridgehead atoms. The average Bonchev–Trinajstić information content (AvgIpc) is 2.17. The molecule has 0 heterocycles. The summed E-state index contributed by atoms with van der Waals surface area (Å²) < 4.78 is 15.4. The minimum atomic E-state index is -0.681. The summed E-state index contributed by atoms with van der Waals surface area (Å²) in [4.78, 5) is 0. The SMILES string of the molecule is C=CCOB(OCC=C)OCCN. The molecule has 0 aromatic heterocycles. The van der Waals surface area contributed by atoms with E-state index in [0.29, 0.717) is 26.4 Å². The molecule has 0 aliphatic heterocycles. The van der Waals surface area contributed by atoms with Gasteiger partial charge in [-0.15, -0.1) is 13.2 Å². The van der Waals surface area contributed by atoms with Crippen molar-refractivity contribution in [3.05, 3.63) is 25.3 Å². The molecule has 0 aromatic carbocycles. The third kappa shape index (κ3) is 7.74. The third-order valence-corrected chi connectivity index (χ3v) is 1.07. The fourth-order valence-electron chi connectivity index (χ4n) is 0.602. The first-order valence-corrected chi connectivity index (χ1v) is 4.11. The van der Waals surface area contributed by atoms with Crippen LogP contribution in [0, 0.1) is 0 Å². The lowest BCUT2D eigenvalue weighted by Crippen LogP contribution is -2.29. The van der Waals surface area contributed by atoms with Gasteiger partial charge in [0.2, 0.25) is 0 Å². The molecule has 0 amide bonds. The molecule has 0 saturated heterocycles. The van der Waals surface area contributed by atoms with Crippen molar-refractivity contribution in [1.29, 1.82) is 0 Å². The lowest BCUT2D eigenvalue weighted by molar-refractivity contribution is 0.115. The predicted molar refractivity (Wildman–Crippen MR) is 53.1 cm³/mol. The predicted octanol–water partition coefficient (Wildman–Crippen LogP) is 0.352. The van der Waals surface area contributed by atoms with E-state index in [9.17, 15) is 0 Å². The fourth-order valence-corrected chi connectivity index (χ4v) is 0.602. The molecule has 0 spiro atoms. The Bertz CT molecular complexity index is 131. The van der Waals surface area contributed by atoms with Crippen LogP contribution >= 0.6 is 0 Å². The second-order valence-corrected chi connectivity index (χ2v) is 2.19. The van der Waals surface area contributed by atoms with Crippen molar-refractivity contribution in [1.82, 2.24) is 0 Å². The second-order valence-electron chi connectivity index (χ2n) is 2.19. The van der Waals surface area contributed by atoms with E-state index in [1.54, 1.807) is 12.2 Å². The smallest absolute Gasteiger partial charge is 0.385 e. The van der Waals surface area contributed by atoms with E-state index < -0.39 is 7.32 Å². The molecule has 13 heavy (non-hydrogen) atoms. The lowest BCUT2D eigenvalue weighted by Gasteiger charge is -2.11. The standard InChI is InChI=1S/C8H16BNO3/c1-3-6-11-9(12-7-4-2)13-8-5-10/h3-4H,1-2,5-8,10H2. The van der Waals surface area contributed by atoms with Gasteiger partial charge in [0, 0.05) is 13.2 Å². The molecule has 0 saturated carbocycles. The molecular formula is C8H16BNO3. The Morgan fingerprint density at radius 3 is 2.00 bits per heavy atom. The van der Waals surface area contributed by atoms with Crippen LogP contribution in [-0.4, -0.2) is 33.7 Å². The number of hydrogen-bond acceptors (Lipinski definition) is 4. The van der Waals surface area contributed by atoms with E-state index in [-0.39, 0.29) is 0 Å². The van der Waals surface area contributed by atoms with Crippen LogP contribution in [-0.2, 0) is 14.0 Å². The molecule has 0 aliphatic carbocycles. The summed E-state index contributed by atoms with van der Waals surface area (Å²) in [6, 6.07) is 0. The summed E-state index contributed by atoms with van der Waals surface area (Å²) in [5.74, 6) is 0. The number of hydrogen-bond donors (Lipinski definition) is 1. The van der Waals surface area contributed by atoms with E-state index in [4.69, 9.17) is 19.7 Å². The molecule has 5 heteroatoms. The van der Waals surface area contributed by atoms with Crippen LogP contribution < -0.4 is 5.73 Å². The summed E-state index contributed by atoms with van der Waals surface area (Å²) in [5.41, 5.74) is 5.26. The monoisotopic (exact) mass is 185 g/mol. The highest BCUT2D eigenvalue weighted by atomic mass is 16.7. The zero-order valence-corrected chi connectivity index (χ0v) is 7.78. The van der Waals surface area contributed by atoms with Crippen molar-refractivity contribution in [2.75, 3.05) is 26.4 Å². The van der Waals surface area contributed by atoms with Crippen molar-refractivity contribution in [3.63, 3.8) is 0 Å². The Morgan fingerprint density at radius 2 is 1.62 bits per heavy atom. The molecule has 2 N–H and O–H groups in total. The first kappa shape index (κ1) is 12.4. The maximum Gasteiger partial charge on any atom is 0.639 e. The molecule has 74 valence electrons. The Balaban J connectivity index is 3.58. The topological polar surface area (TPSA) is 53.7 Å². The molecule has 0 fully saturated rings. The molecule has 0 atom stereocenters. The average molecular weight is 185 g/mol. The highest BCUT2D eigenvalue weighted by Crippen LogP contribution is 1.92. The Morgan fingerprint density at radius 1 is 1.08 bits per heavy atom. The molecular weight excluding hydrogens is 169 g/mol. The maximum atomic E-state index is 5.26. The van der Waals surface area contributed by atoms with Gasteiger partial charge in [-0.05, 0) is 0 Å². The lowest BCUT2D eigenvalue weighted by atomic mass is 10.2. The Kier molecular flexibility index (Phi) is 9.02. The largest absolute Gasteiger partial charge is 0.639 e. The molecule has 0 unspecified atom stereocenters. The van der Waals surface area contributed by atoms with E-state index in [1.807, 2.05) is 0 Å². The normalized spacial score (nSPS) is 9.62. The van der Waals surface area contributed by atoms with E-state index in [2.05, 4.69) is 13.2 Å². The Labute approximate surface area is 79.5 Å². The first-order chi connectivity index (χ1) is 6.35. The molecule has 0 radical (unpaired) electrons. The van der Waals surface area contributed by atoms with Crippen LogP contribution in [0.2, 0.25) is 0 Å². The highest BCUT2D eigenvalue weighted by molar-refractivity contribution is 6.36. The maximum absolute atomic E-state index is 5.26. The van der Waals surface area contributed by atoms with Crippen LogP contribution in [0.1, 0.15) is 0 Å². The van der Waals surface area contributed by atoms with Gasteiger partial charge in [-0.3, -0.25) is 0 Å². The van der Waals surface area contributed by atoms with Crippen LogP contribution in [0.15, 0.2) is 25.3 Å². The summed E-state index contributed by atoms with van der Waals surface area (Å²) >= 11 is 0. The zero-order chi connectivity index (χ0) is 9.94. The van der Waals surface area contributed by atoms with Crippen molar-refractivity contribution in [2.45, 2.75) is 0 Å². The van der Waals surface area contributed by atoms with Crippen LogP contribution in [0.5, 0.6) is 0 Å². The van der Waals surface area contributed by atoms with Gasteiger partial charge in [-0.2, -0.15) is 0 Å². The first-order valence-electron chi connectivity index (χ1n) is 4.11. The number of rotatable bonds is 9. The van der Waals surface area contributed by atoms with Gasteiger partial charge in [0.25, 0.3) is 0 Å². The quantitative estimate of drug-likeness (QED) is 0.416. The molecule has 4 nitrogen and oxygen atoms in total. The van der Waals surface area contributed by atoms with E-state index >= 15 is 0 Å². The van der Waals surface area contributed by atoms with Crippen molar-refractivity contribution in [2.24, 2.45) is 5.73 Å². The molecule has 0 rings (SSSR count). The minimum absolute atomic E-state index is 0.381. The summed E-state index contributed by atoms with van der Waals surface area (Å²) in [7, 11) is -0.681. The van der Waals surface area contributed by atoms with Gasteiger partial charge in [0.05, 0.1) is 13.2 Å². The van der Waals surface area contributed by atoms with E-state index in [0.717, 1.165) is 0 Å².